The topological polar surface area (TPSA) is 94.8 Å². The summed E-state index contributed by atoms with van der Waals surface area (Å²) in [5.74, 6) is 1.21. The first kappa shape index (κ1) is 22.4. The van der Waals surface area contributed by atoms with Gasteiger partial charge in [-0.1, -0.05) is 23.7 Å². The van der Waals surface area contributed by atoms with Gasteiger partial charge in [-0.15, -0.1) is 0 Å². The zero-order chi connectivity index (χ0) is 23.7. The molecule has 0 spiro atoms. The van der Waals surface area contributed by atoms with Crippen molar-refractivity contribution >= 4 is 28.6 Å². The number of nitrogens with one attached hydrogen (secondary N) is 1. The van der Waals surface area contributed by atoms with E-state index in [9.17, 15) is 4.79 Å². The van der Waals surface area contributed by atoms with Gasteiger partial charge in [0.1, 0.15) is 11.5 Å². The number of fused-ring (bicyclic) bond motifs is 1. The standard InChI is InChI=1S/C25H25ClN6O2/c1-3-32-23-17(14-28-25(31-23)30-18-7-10-34-11-8-18)12-20(24(32)33)19-5-4-16(13-21(19)26)22-6-9-27-15(2)29-22/h4-6,9,12-14,18H,3,7-8,10-11H2,1-2H3,(H,28,30,31). The van der Waals surface area contributed by atoms with Gasteiger partial charge in [-0.05, 0) is 44.9 Å². The van der Waals surface area contributed by atoms with E-state index in [4.69, 9.17) is 16.3 Å². The third-order valence-electron chi connectivity index (χ3n) is 6.03. The Morgan fingerprint density at radius 1 is 1.12 bits per heavy atom. The largest absolute Gasteiger partial charge is 0.381 e. The molecule has 174 valence electrons. The lowest BCUT2D eigenvalue weighted by atomic mass is 10.0. The van der Waals surface area contributed by atoms with Crippen LogP contribution in [-0.4, -0.2) is 43.8 Å². The summed E-state index contributed by atoms with van der Waals surface area (Å²) in [5, 5.41) is 4.63. The van der Waals surface area contributed by atoms with Gasteiger partial charge >= 0.3 is 0 Å². The molecule has 0 radical (unpaired) electrons. The van der Waals surface area contributed by atoms with E-state index in [2.05, 4.69) is 25.3 Å². The fraction of sp³-hybridized carbons (Fsp3) is 0.320. The van der Waals surface area contributed by atoms with Crippen LogP contribution in [0.15, 0.2) is 47.5 Å². The number of hydrogen-bond acceptors (Lipinski definition) is 7. The smallest absolute Gasteiger partial charge is 0.260 e. The molecule has 3 aromatic heterocycles. The number of pyridine rings is 1. The first-order chi connectivity index (χ1) is 16.5. The molecule has 1 aliphatic heterocycles. The molecule has 5 rings (SSSR count). The predicted molar refractivity (Wildman–Crippen MR) is 133 cm³/mol. The summed E-state index contributed by atoms with van der Waals surface area (Å²) >= 11 is 6.66. The maximum atomic E-state index is 13.5. The van der Waals surface area contributed by atoms with Crippen molar-refractivity contribution in [2.75, 3.05) is 18.5 Å². The second kappa shape index (κ2) is 9.48. The number of anilines is 1. The van der Waals surface area contributed by atoms with Crippen LogP contribution in [0.2, 0.25) is 5.02 Å². The maximum absolute atomic E-state index is 13.5. The minimum absolute atomic E-state index is 0.141. The van der Waals surface area contributed by atoms with Gasteiger partial charge in [0.05, 0.1) is 5.69 Å². The van der Waals surface area contributed by atoms with Crippen molar-refractivity contribution < 1.29 is 4.74 Å². The SMILES string of the molecule is CCn1c(=O)c(-c2ccc(-c3ccnc(C)n3)cc2Cl)cc2cnc(NC3CCOCC3)nc21. The molecular weight excluding hydrogens is 452 g/mol. The van der Waals surface area contributed by atoms with E-state index in [1.54, 1.807) is 17.0 Å². The maximum Gasteiger partial charge on any atom is 0.260 e. The van der Waals surface area contributed by atoms with Crippen molar-refractivity contribution in [1.82, 2.24) is 24.5 Å². The Labute approximate surface area is 202 Å². The van der Waals surface area contributed by atoms with Gasteiger partial charge in [0.2, 0.25) is 5.95 Å². The van der Waals surface area contributed by atoms with Crippen molar-refractivity contribution in [3.05, 3.63) is 63.9 Å². The van der Waals surface area contributed by atoms with Crippen LogP contribution in [0.25, 0.3) is 33.4 Å². The number of halogens is 1. The van der Waals surface area contributed by atoms with Gasteiger partial charge < -0.3 is 10.1 Å². The van der Waals surface area contributed by atoms with E-state index in [0.29, 0.717) is 40.1 Å². The molecule has 0 aliphatic carbocycles. The second-order valence-corrected chi connectivity index (χ2v) is 8.70. The van der Waals surface area contributed by atoms with Crippen LogP contribution in [0.3, 0.4) is 0 Å². The third-order valence-corrected chi connectivity index (χ3v) is 6.34. The van der Waals surface area contributed by atoms with Crippen LogP contribution in [0, 0.1) is 6.92 Å². The molecule has 4 aromatic rings. The number of nitrogens with zero attached hydrogens (tertiary/aromatic N) is 5. The number of aromatic nitrogens is 5. The van der Waals surface area contributed by atoms with Crippen LogP contribution < -0.4 is 10.9 Å². The fourth-order valence-electron chi connectivity index (χ4n) is 4.25. The molecule has 0 saturated carbocycles. The lowest BCUT2D eigenvalue weighted by molar-refractivity contribution is 0.0903. The molecule has 34 heavy (non-hydrogen) atoms. The van der Waals surface area contributed by atoms with Crippen LogP contribution >= 0.6 is 11.6 Å². The highest BCUT2D eigenvalue weighted by Crippen LogP contribution is 2.31. The Hall–Kier alpha value is -3.36. The second-order valence-electron chi connectivity index (χ2n) is 8.29. The Balaban J connectivity index is 1.54. The zero-order valence-electron chi connectivity index (χ0n) is 19.1. The van der Waals surface area contributed by atoms with Crippen molar-refractivity contribution in [2.24, 2.45) is 0 Å². The fourth-order valence-corrected chi connectivity index (χ4v) is 4.53. The molecule has 0 amide bonds. The highest BCUT2D eigenvalue weighted by Gasteiger charge is 2.18. The number of hydrogen-bond donors (Lipinski definition) is 1. The summed E-state index contributed by atoms with van der Waals surface area (Å²) in [5.41, 5.74) is 3.28. The lowest BCUT2D eigenvalue weighted by Crippen LogP contribution is -2.29. The molecule has 4 heterocycles. The monoisotopic (exact) mass is 476 g/mol. The molecule has 0 bridgehead atoms. The van der Waals surface area contributed by atoms with Crippen molar-refractivity contribution in [1.29, 1.82) is 0 Å². The summed E-state index contributed by atoms with van der Waals surface area (Å²) < 4.78 is 7.09. The van der Waals surface area contributed by atoms with E-state index in [1.807, 2.05) is 44.2 Å². The Morgan fingerprint density at radius 3 is 2.68 bits per heavy atom. The van der Waals surface area contributed by atoms with Crippen LogP contribution in [0.4, 0.5) is 5.95 Å². The number of aryl methyl sites for hydroxylation is 2. The Kier molecular flexibility index (Phi) is 6.26. The van der Waals surface area contributed by atoms with Crippen molar-refractivity contribution in [3.8, 4) is 22.4 Å². The van der Waals surface area contributed by atoms with Gasteiger partial charge in [0.15, 0.2) is 0 Å². The van der Waals surface area contributed by atoms with Gasteiger partial charge in [-0.2, -0.15) is 4.98 Å². The van der Waals surface area contributed by atoms with Gasteiger partial charge in [0.25, 0.3) is 5.56 Å². The third kappa shape index (κ3) is 4.38. The molecule has 0 atom stereocenters. The van der Waals surface area contributed by atoms with E-state index in [0.717, 1.165) is 42.7 Å². The molecular formula is C25H25ClN6O2. The minimum Gasteiger partial charge on any atom is -0.381 e. The number of ether oxygens (including phenoxy) is 1. The van der Waals surface area contributed by atoms with Crippen LogP contribution in [0.5, 0.6) is 0 Å². The summed E-state index contributed by atoms with van der Waals surface area (Å²) in [6.45, 7) is 5.71. The normalized spacial score (nSPS) is 14.4. The van der Waals surface area contributed by atoms with Gasteiger partial charge in [-0.25, -0.2) is 15.0 Å². The van der Waals surface area contributed by atoms with Crippen LogP contribution in [0.1, 0.15) is 25.6 Å². The van der Waals surface area contributed by atoms with Crippen molar-refractivity contribution in [2.45, 2.75) is 39.3 Å². The highest BCUT2D eigenvalue weighted by molar-refractivity contribution is 6.33. The Bertz CT molecular complexity index is 1410. The summed E-state index contributed by atoms with van der Waals surface area (Å²) in [4.78, 5) is 31.2. The molecule has 1 N–H and O–H groups in total. The van der Waals surface area contributed by atoms with Crippen molar-refractivity contribution in [3.63, 3.8) is 0 Å². The van der Waals surface area contributed by atoms with E-state index >= 15 is 0 Å². The highest BCUT2D eigenvalue weighted by atomic mass is 35.5. The first-order valence-corrected chi connectivity index (χ1v) is 11.8. The number of rotatable bonds is 5. The molecule has 1 aliphatic rings. The summed E-state index contributed by atoms with van der Waals surface area (Å²) in [6, 6.07) is 9.53. The van der Waals surface area contributed by atoms with Gasteiger partial charge in [-0.3, -0.25) is 9.36 Å². The summed E-state index contributed by atoms with van der Waals surface area (Å²) in [7, 11) is 0. The molecule has 1 fully saturated rings. The van der Waals surface area contributed by atoms with E-state index in [-0.39, 0.29) is 11.6 Å². The van der Waals surface area contributed by atoms with E-state index < -0.39 is 0 Å². The molecule has 0 unspecified atom stereocenters. The molecule has 8 nitrogen and oxygen atoms in total. The van der Waals surface area contributed by atoms with Gasteiger partial charge in [0, 0.05) is 65.3 Å². The van der Waals surface area contributed by atoms with E-state index in [1.165, 1.54) is 0 Å². The molecule has 9 heteroatoms. The first-order valence-electron chi connectivity index (χ1n) is 11.4. The average molecular weight is 477 g/mol. The predicted octanol–water partition coefficient (Wildman–Crippen LogP) is 4.49. The summed E-state index contributed by atoms with van der Waals surface area (Å²) in [6.07, 6.45) is 5.28. The lowest BCUT2D eigenvalue weighted by Gasteiger charge is -2.23. The average Bonchev–Trinajstić information content (AvgIpc) is 2.85. The quantitative estimate of drug-likeness (QED) is 0.453. The molecule has 1 aromatic carbocycles. The zero-order valence-corrected chi connectivity index (χ0v) is 19.8. The van der Waals surface area contributed by atoms with Crippen LogP contribution in [-0.2, 0) is 11.3 Å². The molecule has 1 saturated heterocycles. The Morgan fingerprint density at radius 2 is 1.94 bits per heavy atom. The minimum atomic E-state index is -0.141. The number of benzene rings is 1.